The van der Waals surface area contributed by atoms with Gasteiger partial charge in [0.25, 0.3) is 0 Å². The average Bonchev–Trinajstić information content (AvgIpc) is 4.06. The molecule has 20 nitrogen and oxygen atoms in total. The zero-order valence-electron chi connectivity index (χ0n) is 41.7. The van der Waals surface area contributed by atoms with Crippen LogP contribution in [0.15, 0.2) is 147 Å². The zero-order chi connectivity index (χ0) is 55.0. The van der Waals surface area contributed by atoms with Gasteiger partial charge in [-0.05, 0) is 144 Å². The molecule has 0 saturated carbocycles. The summed E-state index contributed by atoms with van der Waals surface area (Å²) in [6, 6.07) is 30.9. The lowest BCUT2D eigenvalue weighted by atomic mass is 10.1. The molecule has 0 N–H and O–H groups in total. The van der Waals surface area contributed by atoms with E-state index in [0.29, 0.717) is 47.2 Å². The van der Waals surface area contributed by atoms with Gasteiger partial charge in [0.05, 0.1) is 61.9 Å². The second-order valence-corrected chi connectivity index (χ2v) is 17.3. The van der Waals surface area contributed by atoms with E-state index >= 15 is 0 Å². The van der Waals surface area contributed by atoms with Gasteiger partial charge in [-0.1, -0.05) is 37.4 Å². The first-order valence-electron chi connectivity index (χ1n) is 24.5. The minimum absolute atomic E-state index is 0.0128. The first-order valence-corrected chi connectivity index (χ1v) is 24.5. The van der Waals surface area contributed by atoms with Gasteiger partial charge >= 0.3 is 48.1 Å². The van der Waals surface area contributed by atoms with E-state index in [2.05, 4.69) is 13.2 Å². The average molecular weight is 1070 g/mol. The molecule has 2 aliphatic heterocycles. The lowest BCUT2D eigenvalue weighted by Crippen LogP contribution is -2.36. The molecule has 6 aromatic carbocycles. The summed E-state index contributed by atoms with van der Waals surface area (Å²) in [7, 11) is 0. The number of carbonyl (C=O) groups is 8. The SMILES string of the molecule is C=CC(=O)OCCCCOC(=O)Oc1ccc2cc(C(=O)Oc3ccc(C(=O)OC4COC5C(OC(=O)c6ccc(OC(=O)c7ccc8cc(OC(=O)OCCCCOC(=O)C=C)ccc8c7)cc6)COC45)cc3)ccc2c1. The molecule has 2 aliphatic rings. The summed E-state index contributed by atoms with van der Waals surface area (Å²) in [6.07, 6.45) is -0.778. The number of unbranched alkanes of at least 4 members (excludes halogenated alkanes) is 2. The van der Waals surface area contributed by atoms with Crippen LogP contribution >= 0.6 is 0 Å². The van der Waals surface area contributed by atoms with Gasteiger partial charge in [0, 0.05) is 12.2 Å². The number of benzene rings is 6. The first-order chi connectivity index (χ1) is 37.8. The van der Waals surface area contributed by atoms with E-state index in [-0.39, 0.29) is 84.9 Å². The van der Waals surface area contributed by atoms with Gasteiger partial charge in [0.2, 0.25) is 0 Å². The van der Waals surface area contributed by atoms with Crippen LogP contribution in [0.4, 0.5) is 9.59 Å². The number of hydrogen-bond donors (Lipinski definition) is 0. The molecule has 0 bridgehead atoms. The Hall–Kier alpha value is -9.40. The van der Waals surface area contributed by atoms with Crippen molar-refractivity contribution in [1.82, 2.24) is 0 Å². The van der Waals surface area contributed by atoms with Crippen molar-refractivity contribution in [3.05, 3.63) is 169 Å². The summed E-state index contributed by atoms with van der Waals surface area (Å²) in [4.78, 5) is 99.0. The summed E-state index contributed by atoms with van der Waals surface area (Å²) >= 11 is 0. The van der Waals surface area contributed by atoms with Crippen molar-refractivity contribution in [2.45, 2.75) is 50.1 Å². The number of rotatable bonds is 22. The van der Waals surface area contributed by atoms with Gasteiger partial charge in [-0.2, -0.15) is 0 Å². The van der Waals surface area contributed by atoms with Crippen LogP contribution in [0.3, 0.4) is 0 Å². The number of hydrogen-bond acceptors (Lipinski definition) is 20. The molecule has 0 spiro atoms. The molecule has 402 valence electrons. The Bertz CT molecular complexity index is 3000. The summed E-state index contributed by atoms with van der Waals surface area (Å²) in [5.41, 5.74) is 0.833. The fourth-order valence-electron chi connectivity index (χ4n) is 7.95. The number of esters is 6. The molecule has 2 saturated heterocycles. The maximum absolute atomic E-state index is 13.2. The molecule has 0 aromatic heterocycles. The largest absolute Gasteiger partial charge is 0.513 e. The predicted octanol–water partition coefficient (Wildman–Crippen LogP) is 9.03. The fourth-order valence-corrected chi connectivity index (χ4v) is 7.95. The second-order valence-electron chi connectivity index (χ2n) is 17.3. The smallest absolute Gasteiger partial charge is 0.463 e. The zero-order valence-corrected chi connectivity index (χ0v) is 41.7. The maximum atomic E-state index is 13.2. The van der Waals surface area contributed by atoms with Crippen molar-refractivity contribution in [3.63, 3.8) is 0 Å². The lowest BCUT2D eigenvalue weighted by molar-refractivity contribution is -0.138. The summed E-state index contributed by atoms with van der Waals surface area (Å²) < 4.78 is 64.7. The quantitative estimate of drug-likeness (QED) is 0.0154. The van der Waals surface area contributed by atoms with Crippen LogP contribution in [-0.2, 0) is 47.5 Å². The Balaban J connectivity index is 0.743. The van der Waals surface area contributed by atoms with Crippen LogP contribution in [0.2, 0.25) is 0 Å². The van der Waals surface area contributed by atoms with E-state index in [0.717, 1.165) is 12.2 Å². The molecule has 78 heavy (non-hydrogen) atoms. The Morgan fingerprint density at radius 1 is 0.397 bits per heavy atom. The summed E-state index contributed by atoms with van der Waals surface area (Å²) in [6.45, 7) is 7.12. The van der Waals surface area contributed by atoms with E-state index in [9.17, 15) is 38.4 Å². The van der Waals surface area contributed by atoms with Crippen LogP contribution in [0.1, 0.15) is 67.1 Å². The van der Waals surface area contributed by atoms with Crippen molar-refractivity contribution in [1.29, 1.82) is 0 Å². The molecular weight excluding hydrogens is 1020 g/mol. The minimum atomic E-state index is -0.893. The van der Waals surface area contributed by atoms with E-state index in [4.69, 9.17) is 56.8 Å². The third-order valence-electron chi connectivity index (χ3n) is 11.9. The van der Waals surface area contributed by atoms with Crippen molar-refractivity contribution >= 4 is 69.7 Å². The molecule has 0 amide bonds. The molecule has 4 atom stereocenters. The van der Waals surface area contributed by atoms with Crippen molar-refractivity contribution in [3.8, 4) is 23.0 Å². The predicted molar refractivity (Wildman–Crippen MR) is 273 cm³/mol. The molecule has 0 radical (unpaired) electrons. The van der Waals surface area contributed by atoms with Gasteiger partial charge in [0.15, 0.2) is 12.2 Å². The highest BCUT2D eigenvalue weighted by atomic mass is 16.7. The molecule has 6 aromatic rings. The van der Waals surface area contributed by atoms with Crippen LogP contribution in [0, 0.1) is 0 Å². The summed E-state index contributed by atoms with van der Waals surface area (Å²) in [5.74, 6) is -2.90. The number of fused-ring (bicyclic) bond motifs is 3. The highest BCUT2D eigenvalue weighted by Crippen LogP contribution is 2.32. The number of carbonyl (C=O) groups excluding carboxylic acids is 8. The van der Waals surface area contributed by atoms with Crippen molar-refractivity contribution in [2.24, 2.45) is 0 Å². The van der Waals surface area contributed by atoms with Gasteiger partial charge in [-0.3, -0.25) is 0 Å². The van der Waals surface area contributed by atoms with Gasteiger partial charge in [0.1, 0.15) is 35.2 Å². The Kier molecular flexibility index (Phi) is 18.6. The van der Waals surface area contributed by atoms with Crippen LogP contribution < -0.4 is 18.9 Å². The van der Waals surface area contributed by atoms with E-state index < -0.39 is 72.5 Å². The maximum Gasteiger partial charge on any atom is 0.513 e. The molecular formula is C58H50O20. The third kappa shape index (κ3) is 14.9. The van der Waals surface area contributed by atoms with Gasteiger partial charge in [-0.15, -0.1) is 0 Å². The molecule has 4 unspecified atom stereocenters. The highest BCUT2D eigenvalue weighted by Gasteiger charge is 2.51. The van der Waals surface area contributed by atoms with E-state index in [1.165, 1.54) is 48.5 Å². The molecule has 2 fully saturated rings. The van der Waals surface area contributed by atoms with Crippen LogP contribution in [-0.4, -0.2) is 112 Å². The normalized spacial score (nSPS) is 16.2. The van der Waals surface area contributed by atoms with Gasteiger partial charge < -0.3 is 56.8 Å². The third-order valence-corrected chi connectivity index (χ3v) is 11.9. The van der Waals surface area contributed by atoms with Crippen LogP contribution in [0.5, 0.6) is 23.0 Å². The standard InChI is InChI=1S/C58H50O20/c1-3-49(59)67-25-5-7-27-69-57(65)75-45-23-17-37-29-41(11-9-39(37)31-45)55(63)73-43-19-13-35(14-20-43)53(61)77-47-33-71-52-48(34-72-51(47)52)78-54(62)36-15-21-44(22-16-36)74-56(64)42-12-10-40-32-46(24-18-38(40)30-42)76-58(66)70-28-8-6-26-68-50(60)4-2/h3-4,9-24,29-32,47-48,51-52H,1-2,5-8,25-28,33-34H2. The van der Waals surface area contributed by atoms with Gasteiger partial charge in [-0.25, -0.2) is 38.4 Å². The monoisotopic (exact) mass is 1070 g/mol. The lowest BCUT2D eigenvalue weighted by Gasteiger charge is -2.17. The molecule has 2 heterocycles. The Labute approximate surface area is 445 Å². The number of ether oxygens (including phenoxy) is 12. The molecule has 20 heteroatoms. The second kappa shape index (κ2) is 26.4. The molecule has 8 rings (SSSR count). The van der Waals surface area contributed by atoms with Crippen LogP contribution in [0.25, 0.3) is 21.5 Å². The van der Waals surface area contributed by atoms with Crippen molar-refractivity contribution in [2.75, 3.05) is 39.6 Å². The topological polar surface area (TPSA) is 247 Å². The van der Waals surface area contributed by atoms with Crippen molar-refractivity contribution < 1.29 is 95.2 Å². The van der Waals surface area contributed by atoms with E-state index in [1.807, 2.05) is 0 Å². The van der Waals surface area contributed by atoms with E-state index in [1.54, 1.807) is 72.8 Å². The Morgan fingerprint density at radius 3 is 1.12 bits per heavy atom. The minimum Gasteiger partial charge on any atom is -0.463 e. The first kappa shape index (κ1) is 54.8. The fraction of sp³-hybridized carbons (Fsp3) is 0.241. The Morgan fingerprint density at radius 2 is 0.731 bits per heavy atom. The highest BCUT2D eigenvalue weighted by molar-refractivity contribution is 5.98. The summed E-state index contributed by atoms with van der Waals surface area (Å²) in [5, 5.41) is 2.70. The molecule has 0 aliphatic carbocycles.